The van der Waals surface area contributed by atoms with Gasteiger partial charge in [-0.05, 0) is 46.0 Å². The lowest BCUT2D eigenvalue weighted by atomic mass is 9.95. The van der Waals surface area contributed by atoms with Crippen molar-refractivity contribution in [1.82, 2.24) is 9.88 Å². The molecular weight excluding hydrogens is 326 g/mol. The lowest BCUT2D eigenvalue weighted by molar-refractivity contribution is -0.385. The summed E-state index contributed by atoms with van der Waals surface area (Å²) in [5, 5.41) is 10.6. The smallest absolute Gasteiger partial charge is 0.410 e. The molecule has 2 heterocycles. The van der Waals surface area contributed by atoms with Gasteiger partial charge in [-0.3, -0.25) is 10.1 Å². The van der Waals surface area contributed by atoms with E-state index in [2.05, 4.69) is 4.98 Å². The molecule has 0 saturated carbocycles. The van der Waals surface area contributed by atoms with Crippen molar-refractivity contribution >= 4 is 11.8 Å². The van der Waals surface area contributed by atoms with Crippen molar-refractivity contribution in [3.05, 3.63) is 28.4 Å². The molecule has 0 spiro atoms. The van der Waals surface area contributed by atoms with Gasteiger partial charge in [0.2, 0.25) is 5.88 Å². The molecule has 1 atom stereocenters. The van der Waals surface area contributed by atoms with Crippen molar-refractivity contribution in [3.8, 4) is 5.88 Å². The maximum atomic E-state index is 12.1. The van der Waals surface area contributed by atoms with E-state index >= 15 is 0 Å². The quantitative estimate of drug-likeness (QED) is 0.596. The number of pyridine rings is 1. The highest BCUT2D eigenvalue weighted by atomic mass is 16.6. The van der Waals surface area contributed by atoms with Gasteiger partial charge in [0.25, 0.3) is 5.69 Å². The SMILES string of the molecule is CC(C)(C)OC(=O)N1CCC[C@@H](CCOc2ccc([N+](=O)[O-])cn2)C1. The number of carbonyl (C=O) groups excluding carboxylic acids is 1. The number of hydrogen-bond acceptors (Lipinski definition) is 6. The van der Waals surface area contributed by atoms with Gasteiger partial charge in [-0.1, -0.05) is 0 Å². The van der Waals surface area contributed by atoms with Gasteiger partial charge in [-0.15, -0.1) is 0 Å². The number of ether oxygens (including phenoxy) is 2. The molecule has 1 amide bonds. The van der Waals surface area contributed by atoms with Crippen LogP contribution in [0, 0.1) is 16.0 Å². The Hall–Kier alpha value is -2.38. The highest BCUT2D eigenvalue weighted by Crippen LogP contribution is 2.22. The fraction of sp³-hybridized carbons (Fsp3) is 0.647. The molecule has 0 N–H and O–H groups in total. The average Bonchev–Trinajstić information content (AvgIpc) is 2.54. The number of carbonyl (C=O) groups is 1. The second-order valence-electron chi connectivity index (χ2n) is 7.18. The lowest BCUT2D eigenvalue weighted by Gasteiger charge is -2.34. The minimum absolute atomic E-state index is 0.0624. The van der Waals surface area contributed by atoms with Crippen LogP contribution in [-0.4, -0.2) is 46.2 Å². The van der Waals surface area contributed by atoms with Crippen molar-refractivity contribution in [1.29, 1.82) is 0 Å². The molecule has 1 saturated heterocycles. The first-order chi connectivity index (χ1) is 11.7. The predicted molar refractivity (Wildman–Crippen MR) is 91.5 cm³/mol. The molecular formula is C17H25N3O5. The summed E-state index contributed by atoms with van der Waals surface area (Å²) < 4.78 is 11.0. The van der Waals surface area contributed by atoms with E-state index in [4.69, 9.17) is 9.47 Å². The molecule has 0 aromatic carbocycles. The summed E-state index contributed by atoms with van der Waals surface area (Å²) >= 11 is 0. The van der Waals surface area contributed by atoms with Crippen LogP contribution in [0.5, 0.6) is 5.88 Å². The summed E-state index contributed by atoms with van der Waals surface area (Å²) in [5.74, 6) is 0.713. The number of piperidine rings is 1. The number of likely N-dealkylation sites (tertiary alicyclic amines) is 1. The van der Waals surface area contributed by atoms with Crippen LogP contribution >= 0.6 is 0 Å². The molecule has 1 aromatic rings. The molecule has 2 rings (SSSR count). The Labute approximate surface area is 147 Å². The number of hydrogen-bond donors (Lipinski definition) is 0. The molecule has 1 aliphatic rings. The third-order valence-electron chi connectivity index (χ3n) is 3.88. The molecule has 8 nitrogen and oxygen atoms in total. The Kier molecular flexibility index (Phi) is 6.17. The van der Waals surface area contributed by atoms with Crippen LogP contribution in [0.3, 0.4) is 0 Å². The molecule has 1 aliphatic heterocycles. The third-order valence-corrected chi connectivity index (χ3v) is 3.88. The Morgan fingerprint density at radius 3 is 2.80 bits per heavy atom. The van der Waals surface area contributed by atoms with E-state index in [1.165, 1.54) is 18.3 Å². The average molecular weight is 351 g/mol. The maximum Gasteiger partial charge on any atom is 0.410 e. The van der Waals surface area contributed by atoms with Gasteiger partial charge in [-0.2, -0.15) is 0 Å². The number of amides is 1. The van der Waals surface area contributed by atoms with E-state index < -0.39 is 10.5 Å². The Morgan fingerprint density at radius 2 is 2.20 bits per heavy atom. The van der Waals surface area contributed by atoms with Gasteiger partial charge in [0, 0.05) is 25.2 Å². The molecule has 1 fully saturated rings. The van der Waals surface area contributed by atoms with Crippen LogP contribution in [0.4, 0.5) is 10.5 Å². The van der Waals surface area contributed by atoms with Crippen molar-refractivity contribution in [3.63, 3.8) is 0 Å². The number of nitro groups is 1. The van der Waals surface area contributed by atoms with Crippen LogP contribution < -0.4 is 4.74 Å². The molecule has 0 radical (unpaired) electrons. The fourth-order valence-electron chi connectivity index (χ4n) is 2.69. The van der Waals surface area contributed by atoms with E-state index in [9.17, 15) is 14.9 Å². The van der Waals surface area contributed by atoms with E-state index in [1.54, 1.807) is 4.90 Å². The molecule has 0 aliphatic carbocycles. The molecule has 25 heavy (non-hydrogen) atoms. The van der Waals surface area contributed by atoms with Crippen LogP contribution in [0.25, 0.3) is 0 Å². The van der Waals surface area contributed by atoms with Crippen LogP contribution in [-0.2, 0) is 4.74 Å². The van der Waals surface area contributed by atoms with Gasteiger partial charge in [0.15, 0.2) is 0 Å². The lowest BCUT2D eigenvalue weighted by Crippen LogP contribution is -2.43. The molecule has 0 bridgehead atoms. The van der Waals surface area contributed by atoms with Gasteiger partial charge in [-0.25, -0.2) is 9.78 Å². The minimum atomic E-state index is -0.496. The van der Waals surface area contributed by atoms with Crippen LogP contribution in [0.1, 0.15) is 40.0 Å². The highest BCUT2D eigenvalue weighted by Gasteiger charge is 2.27. The summed E-state index contributed by atoms with van der Waals surface area (Å²) in [6, 6.07) is 2.86. The van der Waals surface area contributed by atoms with E-state index in [0.717, 1.165) is 25.8 Å². The number of rotatable bonds is 5. The molecule has 138 valence electrons. The normalized spacial score (nSPS) is 17.9. The van der Waals surface area contributed by atoms with E-state index in [1.807, 2.05) is 20.8 Å². The molecule has 0 unspecified atom stereocenters. The zero-order valence-corrected chi connectivity index (χ0v) is 14.9. The van der Waals surface area contributed by atoms with Gasteiger partial charge >= 0.3 is 6.09 Å². The molecule has 1 aromatic heterocycles. The van der Waals surface area contributed by atoms with Crippen molar-refractivity contribution in [2.75, 3.05) is 19.7 Å². The Balaban J connectivity index is 1.77. The second-order valence-corrected chi connectivity index (χ2v) is 7.18. The summed E-state index contributed by atoms with van der Waals surface area (Å²) in [5.41, 5.74) is -0.554. The van der Waals surface area contributed by atoms with E-state index in [0.29, 0.717) is 24.9 Å². The zero-order valence-electron chi connectivity index (χ0n) is 14.9. The van der Waals surface area contributed by atoms with Gasteiger partial charge in [0.05, 0.1) is 11.5 Å². The summed E-state index contributed by atoms with van der Waals surface area (Å²) in [6.45, 7) is 7.41. The maximum absolute atomic E-state index is 12.1. The summed E-state index contributed by atoms with van der Waals surface area (Å²) in [6.07, 6.45) is 3.68. The zero-order chi connectivity index (χ0) is 18.4. The van der Waals surface area contributed by atoms with Crippen molar-refractivity contribution in [2.24, 2.45) is 5.92 Å². The van der Waals surface area contributed by atoms with Gasteiger partial charge < -0.3 is 14.4 Å². The first kappa shape index (κ1) is 19.0. The minimum Gasteiger partial charge on any atom is -0.478 e. The van der Waals surface area contributed by atoms with Gasteiger partial charge in [0.1, 0.15) is 11.8 Å². The third kappa shape index (κ3) is 6.21. The fourth-order valence-corrected chi connectivity index (χ4v) is 2.69. The largest absolute Gasteiger partial charge is 0.478 e. The number of aromatic nitrogens is 1. The van der Waals surface area contributed by atoms with Crippen molar-refractivity contribution < 1.29 is 19.2 Å². The summed E-state index contributed by atoms with van der Waals surface area (Å²) in [7, 11) is 0. The standard InChI is InChI=1S/C17H25N3O5/c1-17(2,3)25-16(21)19-9-4-5-13(12-19)8-10-24-15-7-6-14(11-18-15)20(22)23/h6-7,11,13H,4-5,8-10,12H2,1-3H3/t13-/m0/s1. The van der Waals surface area contributed by atoms with E-state index in [-0.39, 0.29) is 11.8 Å². The Bertz CT molecular complexity index is 597. The monoisotopic (exact) mass is 351 g/mol. The first-order valence-electron chi connectivity index (χ1n) is 8.46. The van der Waals surface area contributed by atoms with Crippen molar-refractivity contribution in [2.45, 2.75) is 45.6 Å². The highest BCUT2D eigenvalue weighted by molar-refractivity contribution is 5.68. The topological polar surface area (TPSA) is 94.8 Å². The second kappa shape index (κ2) is 8.13. The Morgan fingerprint density at radius 1 is 1.44 bits per heavy atom. The summed E-state index contributed by atoms with van der Waals surface area (Å²) in [4.78, 5) is 27.9. The molecule has 8 heteroatoms. The first-order valence-corrected chi connectivity index (χ1v) is 8.46. The predicted octanol–water partition coefficient (Wildman–Crippen LogP) is 3.41. The number of nitrogens with zero attached hydrogens (tertiary/aromatic N) is 3. The van der Waals surface area contributed by atoms with Crippen LogP contribution in [0.2, 0.25) is 0 Å². The van der Waals surface area contributed by atoms with Crippen LogP contribution in [0.15, 0.2) is 18.3 Å².